The Kier molecular flexibility index (Phi) is 25.5. The molecule has 6 nitrogen and oxygen atoms in total. The van der Waals surface area contributed by atoms with E-state index in [4.69, 9.17) is 0 Å². The van der Waals surface area contributed by atoms with Crippen LogP contribution in [0.4, 0.5) is 9.59 Å². The number of urea groups is 2. The Morgan fingerprint density at radius 1 is 0.472 bits per heavy atom. The van der Waals surface area contributed by atoms with E-state index in [9.17, 15) is 9.59 Å². The number of nitrogens with one attached hydrogen (secondary N) is 4. The van der Waals surface area contributed by atoms with Gasteiger partial charge in [0.15, 0.2) is 0 Å². The van der Waals surface area contributed by atoms with Crippen LogP contribution >= 0.6 is 0 Å². The molecule has 0 fully saturated rings. The van der Waals surface area contributed by atoms with Gasteiger partial charge in [-0.2, -0.15) is 0 Å². The number of amides is 4. The van der Waals surface area contributed by atoms with Crippen molar-refractivity contribution in [3.8, 4) is 0 Å². The molecule has 0 aromatic rings. The van der Waals surface area contributed by atoms with Gasteiger partial charge in [0.1, 0.15) is 0 Å². The quantitative estimate of drug-likeness (QED) is 0.0941. The molecule has 36 heavy (non-hydrogen) atoms. The fourth-order valence-corrected chi connectivity index (χ4v) is 4.55. The Labute approximate surface area is 224 Å². The van der Waals surface area contributed by atoms with E-state index in [0.717, 1.165) is 51.9 Å². The second-order valence-corrected chi connectivity index (χ2v) is 10.6. The van der Waals surface area contributed by atoms with Gasteiger partial charge in [0, 0.05) is 26.2 Å². The lowest BCUT2D eigenvalue weighted by molar-refractivity contribution is 0.237. The fraction of sp³-hybridized carbons (Fsp3) is 0.933. The molecule has 0 rings (SSSR count). The molecule has 0 bridgehead atoms. The van der Waals surface area contributed by atoms with Crippen LogP contribution in [0.2, 0.25) is 0 Å². The number of unbranched alkanes of at least 4 members (excludes halogenated alkanes) is 11. The van der Waals surface area contributed by atoms with Crippen LogP contribution < -0.4 is 21.3 Å². The Balaban J connectivity index is 3.40. The highest BCUT2D eigenvalue weighted by Gasteiger charge is 2.08. The fourth-order valence-electron chi connectivity index (χ4n) is 4.55. The van der Waals surface area contributed by atoms with Crippen molar-refractivity contribution in [3.63, 3.8) is 0 Å². The predicted molar refractivity (Wildman–Crippen MR) is 156 cm³/mol. The molecule has 0 saturated carbocycles. The van der Waals surface area contributed by atoms with Crippen molar-refractivity contribution in [3.05, 3.63) is 0 Å². The van der Waals surface area contributed by atoms with Crippen molar-refractivity contribution >= 4 is 12.1 Å². The van der Waals surface area contributed by atoms with Crippen molar-refractivity contribution in [2.24, 2.45) is 11.8 Å². The smallest absolute Gasteiger partial charge is 0.314 e. The van der Waals surface area contributed by atoms with E-state index in [1.807, 2.05) is 0 Å². The number of carbonyl (C=O) groups is 2. The lowest BCUT2D eigenvalue weighted by atomic mass is 9.99. The summed E-state index contributed by atoms with van der Waals surface area (Å²) in [6.07, 6.45) is 21.9. The summed E-state index contributed by atoms with van der Waals surface area (Å²) in [6.45, 7) is 12.0. The molecule has 0 heterocycles. The van der Waals surface area contributed by atoms with Crippen molar-refractivity contribution in [1.82, 2.24) is 21.3 Å². The summed E-state index contributed by atoms with van der Waals surface area (Å²) in [6, 6.07) is -0.0124. The zero-order valence-corrected chi connectivity index (χ0v) is 24.5. The van der Waals surface area contributed by atoms with Crippen LogP contribution in [0.1, 0.15) is 143 Å². The van der Waals surface area contributed by atoms with Crippen molar-refractivity contribution in [2.45, 2.75) is 143 Å². The first-order valence-electron chi connectivity index (χ1n) is 15.6. The van der Waals surface area contributed by atoms with Crippen molar-refractivity contribution in [1.29, 1.82) is 0 Å². The second kappa shape index (κ2) is 26.6. The van der Waals surface area contributed by atoms with Gasteiger partial charge >= 0.3 is 12.1 Å². The number of rotatable bonds is 25. The van der Waals surface area contributed by atoms with Gasteiger partial charge in [-0.1, -0.05) is 118 Å². The van der Waals surface area contributed by atoms with Gasteiger partial charge in [-0.05, 0) is 37.5 Å². The highest BCUT2D eigenvalue weighted by Crippen LogP contribution is 2.12. The largest absolute Gasteiger partial charge is 0.338 e. The van der Waals surface area contributed by atoms with E-state index in [0.29, 0.717) is 11.8 Å². The normalized spacial score (nSPS) is 12.7. The highest BCUT2D eigenvalue weighted by molar-refractivity contribution is 5.74. The second-order valence-electron chi connectivity index (χ2n) is 10.6. The molecule has 0 aromatic carbocycles. The van der Waals surface area contributed by atoms with Crippen molar-refractivity contribution < 1.29 is 9.59 Å². The maximum absolute atomic E-state index is 11.9. The molecule has 6 heteroatoms. The molecule has 0 aliphatic carbocycles. The standard InChI is InChI=1S/C30H62N4O2/c1-5-9-21-27(7-3)25-33-29(35)31-23-19-17-15-13-11-12-14-16-18-20-24-32-30(36)34-26-28(8-4)22-10-6-2/h27-28H,5-26H2,1-4H3,(H2,31,33,35)(H2,32,34,36). The zero-order chi connectivity index (χ0) is 26.7. The minimum absolute atomic E-state index is 0.00619. The summed E-state index contributed by atoms with van der Waals surface area (Å²) in [5.74, 6) is 1.22. The van der Waals surface area contributed by atoms with E-state index >= 15 is 0 Å². The first kappa shape index (κ1) is 34.5. The van der Waals surface area contributed by atoms with E-state index in [1.54, 1.807) is 0 Å². The third-order valence-electron chi connectivity index (χ3n) is 7.36. The molecule has 0 saturated heterocycles. The van der Waals surface area contributed by atoms with E-state index in [1.165, 1.54) is 89.9 Å². The molecule has 0 aliphatic heterocycles. The van der Waals surface area contributed by atoms with Crippen LogP contribution in [0, 0.1) is 11.8 Å². The predicted octanol–water partition coefficient (Wildman–Crippen LogP) is 7.92. The average Bonchev–Trinajstić information content (AvgIpc) is 2.89. The van der Waals surface area contributed by atoms with E-state index < -0.39 is 0 Å². The third-order valence-corrected chi connectivity index (χ3v) is 7.36. The molecule has 0 spiro atoms. The minimum Gasteiger partial charge on any atom is -0.338 e. The lowest BCUT2D eigenvalue weighted by Gasteiger charge is -2.15. The third kappa shape index (κ3) is 23.0. The Morgan fingerprint density at radius 2 is 0.806 bits per heavy atom. The molecule has 2 atom stereocenters. The Morgan fingerprint density at radius 3 is 1.11 bits per heavy atom. The summed E-state index contributed by atoms with van der Waals surface area (Å²) in [7, 11) is 0. The number of carbonyl (C=O) groups excluding carboxylic acids is 2. The number of hydrogen-bond acceptors (Lipinski definition) is 2. The summed E-state index contributed by atoms with van der Waals surface area (Å²) in [5.41, 5.74) is 0. The molecule has 4 N–H and O–H groups in total. The summed E-state index contributed by atoms with van der Waals surface area (Å²) in [4.78, 5) is 23.8. The lowest BCUT2D eigenvalue weighted by Crippen LogP contribution is -2.38. The molecule has 0 radical (unpaired) electrons. The highest BCUT2D eigenvalue weighted by atomic mass is 16.2. The van der Waals surface area contributed by atoms with Crippen molar-refractivity contribution in [2.75, 3.05) is 26.2 Å². The van der Waals surface area contributed by atoms with Crippen LogP contribution in [0.25, 0.3) is 0 Å². The van der Waals surface area contributed by atoms with Crippen LogP contribution in [0.15, 0.2) is 0 Å². The van der Waals surface area contributed by atoms with Crippen LogP contribution in [-0.4, -0.2) is 38.2 Å². The van der Waals surface area contributed by atoms with Gasteiger partial charge in [0.25, 0.3) is 0 Å². The molecular formula is C30H62N4O2. The maximum Gasteiger partial charge on any atom is 0.314 e. The monoisotopic (exact) mass is 510 g/mol. The van der Waals surface area contributed by atoms with Crippen LogP contribution in [-0.2, 0) is 0 Å². The molecule has 4 amide bonds. The van der Waals surface area contributed by atoms with Crippen LogP contribution in [0.3, 0.4) is 0 Å². The SMILES string of the molecule is CCCCC(CC)CNC(=O)NCCCCCCCCCCCCNC(=O)NCC(CC)CCCC. The van der Waals surface area contributed by atoms with Gasteiger partial charge in [-0.25, -0.2) is 9.59 Å². The first-order chi connectivity index (χ1) is 17.6. The molecule has 2 unspecified atom stereocenters. The van der Waals surface area contributed by atoms with Gasteiger partial charge in [0.2, 0.25) is 0 Å². The molecule has 214 valence electrons. The van der Waals surface area contributed by atoms with Gasteiger partial charge < -0.3 is 21.3 Å². The summed E-state index contributed by atoms with van der Waals surface area (Å²) in [5, 5.41) is 12.1. The first-order valence-corrected chi connectivity index (χ1v) is 15.6. The summed E-state index contributed by atoms with van der Waals surface area (Å²) >= 11 is 0. The Bertz CT molecular complexity index is 457. The minimum atomic E-state index is -0.00619. The van der Waals surface area contributed by atoms with E-state index in [-0.39, 0.29) is 12.1 Å². The van der Waals surface area contributed by atoms with E-state index in [2.05, 4.69) is 49.0 Å². The molecule has 0 aromatic heterocycles. The average molecular weight is 511 g/mol. The Hall–Kier alpha value is -1.46. The van der Waals surface area contributed by atoms with Gasteiger partial charge in [-0.3, -0.25) is 0 Å². The maximum atomic E-state index is 11.9. The topological polar surface area (TPSA) is 82.3 Å². The number of hydrogen-bond donors (Lipinski definition) is 4. The molecular weight excluding hydrogens is 448 g/mol. The zero-order valence-electron chi connectivity index (χ0n) is 24.5. The summed E-state index contributed by atoms with van der Waals surface area (Å²) < 4.78 is 0. The van der Waals surface area contributed by atoms with Crippen LogP contribution in [0.5, 0.6) is 0 Å². The molecule has 0 aliphatic rings. The van der Waals surface area contributed by atoms with Gasteiger partial charge in [0.05, 0.1) is 0 Å². The van der Waals surface area contributed by atoms with Gasteiger partial charge in [-0.15, -0.1) is 0 Å².